The number of aromatic nitrogens is 4. The summed E-state index contributed by atoms with van der Waals surface area (Å²) in [6.07, 6.45) is 0. The lowest BCUT2D eigenvalue weighted by atomic mass is 10.1. The maximum atomic E-state index is 13.6. The molecule has 6 rings (SSSR count). The van der Waals surface area contributed by atoms with Crippen molar-refractivity contribution >= 4 is 38.2 Å². The molecular formula is C26H16FN5OS. The molecule has 3 aromatic heterocycles. The van der Waals surface area contributed by atoms with Crippen molar-refractivity contribution < 1.29 is 9.18 Å². The highest BCUT2D eigenvalue weighted by atomic mass is 32.1. The van der Waals surface area contributed by atoms with E-state index in [-0.39, 0.29) is 17.4 Å². The van der Waals surface area contributed by atoms with E-state index in [1.165, 1.54) is 23.5 Å². The van der Waals surface area contributed by atoms with Gasteiger partial charge in [0.25, 0.3) is 5.91 Å². The van der Waals surface area contributed by atoms with E-state index >= 15 is 0 Å². The molecule has 0 spiro atoms. The molecule has 8 heteroatoms. The second-order valence-electron chi connectivity index (χ2n) is 7.64. The number of hydrogen-bond donors (Lipinski definition) is 1. The van der Waals surface area contributed by atoms with Crippen molar-refractivity contribution in [2.75, 3.05) is 5.32 Å². The molecule has 1 N–H and O–H groups in total. The van der Waals surface area contributed by atoms with Gasteiger partial charge in [-0.15, -0.1) is 0 Å². The molecule has 0 bridgehead atoms. The van der Waals surface area contributed by atoms with Crippen LogP contribution in [0, 0.1) is 5.82 Å². The number of carbonyl (C=O) groups excluding carboxylic acids is 1. The monoisotopic (exact) mass is 465 g/mol. The van der Waals surface area contributed by atoms with Crippen LogP contribution in [0.5, 0.6) is 0 Å². The van der Waals surface area contributed by atoms with E-state index < -0.39 is 0 Å². The number of rotatable bonds is 4. The molecule has 164 valence electrons. The number of fused-ring (bicyclic) bond motifs is 2. The number of carbonyl (C=O) groups is 1. The Morgan fingerprint density at radius 1 is 0.853 bits per heavy atom. The molecule has 3 aromatic carbocycles. The summed E-state index contributed by atoms with van der Waals surface area (Å²) in [5, 5.41) is 8.06. The van der Waals surface area contributed by atoms with Crippen molar-refractivity contribution in [3.8, 4) is 22.5 Å². The summed E-state index contributed by atoms with van der Waals surface area (Å²) in [6.45, 7) is 0. The van der Waals surface area contributed by atoms with Gasteiger partial charge in [0.2, 0.25) is 0 Å². The molecule has 0 aliphatic rings. The Kier molecular flexibility index (Phi) is 4.85. The molecule has 6 aromatic rings. The van der Waals surface area contributed by atoms with Crippen LogP contribution in [-0.2, 0) is 0 Å². The number of anilines is 1. The zero-order valence-corrected chi connectivity index (χ0v) is 18.5. The van der Waals surface area contributed by atoms with E-state index in [2.05, 4.69) is 15.3 Å². The van der Waals surface area contributed by atoms with Gasteiger partial charge in [0.15, 0.2) is 10.8 Å². The molecule has 6 nitrogen and oxygen atoms in total. The Morgan fingerprint density at radius 2 is 1.62 bits per heavy atom. The fraction of sp³-hybridized carbons (Fsp3) is 0. The molecule has 3 heterocycles. The van der Waals surface area contributed by atoms with Crippen LogP contribution in [0.4, 0.5) is 9.52 Å². The standard InChI is InChI=1S/C26H16FN5OS/c27-18-12-10-17(11-13-18)22-14-21(25(33)30-26-29-19-8-4-5-9-23(19)34-26)28-24-15-20(31-32(22)24)16-6-2-1-3-7-16/h1-15H,(H,29,30,33). The van der Waals surface area contributed by atoms with Gasteiger partial charge in [-0.1, -0.05) is 53.8 Å². The fourth-order valence-corrected chi connectivity index (χ4v) is 4.61. The van der Waals surface area contributed by atoms with E-state index in [1.54, 1.807) is 22.7 Å². The van der Waals surface area contributed by atoms with Crippen LogP contribution in [0.25, 0.3) is 38.4 Å². The molecule has 34 heavy (non-hydrogen) atoms. The normalized spacial score (nSPS) is 11.2. The highest BCUT2D eigenvalue weighted by Crippen LogP contribution is 2.28. The molecule has 0 saturated carbocycles. The lowest BCUT2D eigenvalue weighted by Gasteiger charge is -2.08. The topological polar surface area (TPSA) is 72.2 Å². The smallest absolute Gasteiger partial charge is 0.276 e. The maximum absolute atomic E-state index is 13.6. The second-order valence-corrected chi connectivity index (χ2v) is 8.67. The van der Waals surface area contributed by atoms with Gasteiger partial charge in [0.1, 0.15) is 11.5 Å². The summed E-state index contributed by atoms with van der Waals surface area (Å²) in [5.41, 5.74) is 4.54. The Hall–Kier alpha value is -4.43. The SMILES string of the molecule is O=C(Nc1nc2ccccc2s1)c1cc(-c2ccc(F)cc2)n2nc(-c3ccccc3)cc2n1. The van der Waals surface area contributed by atoms with E-state index in [9.17, 15) is 9.18 Å². The van der Waals surface area contributed by atoms with Gasteiger partial charge in [0, 0.05) is 17.2 Å². The second kappa shape index (κ2) is 8.17. The third-order valence-electron chi connectivity index (χ3n) is 5.38. The Bertz CT molecular complexity index is 1630. The summed E-state index contributed by atoms with van der Waals surface area (Å²) < 4.78 is 16.2. The Morgan fingerprint density at radius 3 is 2.41 bits per heavy atom. The number of halogens is 1. The van der Waals surface area contributed by atoms with Crippen LogP contribution >= 0.6 is 11.3 Å². The molecule has 0 unspecified atom stereocenters. The van der Waals surface area contributed by atoms with Gasteiger partial charge in [-0.2, -0.15) is 5.10 Å². The van der Waals surface area contributed by atoms with Gasteiger partial charge < -0.3 is 0 Å². The van der Waals surface area contributed by atoms with Crippen LogP contribution in [-0.4, -0.2) is 25.5 Å². The lowest BCUT2D eigenvalue weighted by molar-refractivity contribution is 0.102. The fourth-order valence-electron chi connectivity index (χ4n) is 3.75. The molecule has 0 aliphatic heterocycles. The number of para-hydroxylation sites is 1. The Balaban J connectivity index is 1.45. The number of nitrogens with one attached hydrogen (secondary N) is 1. The Labute approximate surface area is 197 Å². The zero-order chi connectivity index (χ0) is 23.1. The lowest BCUT2D eigenvalue weighted by Crippen LogP contribution is -2.15. The number of amides is 1. The van der Waals surface area contributed by atoms with Crippen LogP contribution in [0.2, 0.25) is 0 Å². The summed E-state index contributed by atoms with van der Waals surface area (Å²) >= 11 is 1.40. The summed E-state index contributed by atoms with van der Waals surface area (Å²) in [5.74, 6) is -0.722. The minimum absolute atomic E-state index is 0.214. The molecule has 0 fully saturated rings. The first-order chi connectivity index (χ1) is 16.6. The van der Waals surface area contributed by atoms with Gasteiger partial charge in [0.05, 0.1) is 21.6 Å². The average Bonchev–Trinajstić information content (AvgIpc) is 3.48. The van der Waals surface area contributed by atoms with Gasteiger partial charge in [-0.25, -0.2) is 18.9 Å². The largest absolute Gasteiger partial charge is 0.296 e. The molecule has 0 atom stereocenters. The number of hydrogen-bond acceptors (Lipinski definition) is 5. The van der Waals surface area contributed by atoms with Crippen LogP contribution in [0.1, 0.15) is 10.5 Å². The minimum Gasteiger partial charge on any atom is -0.296 e. The van der Waals surface area contributed by atoms with Gasteiger partial charge >= 0.3 is 0 Å². The zero-order valence-electron chi connectivity index (χ0n) is 17.6. The third-order valence-corrected chi connectivity index (χ3v) is 6.34. The summed E-state index contributed by atoms with van der Waals surface area (Å²) in [6, 6.07) is 27.0. The summed E-state index contributed by atoms with van der Waals surface area (Å²) in [4.78, 5) is 22.2. The van der Waals surface area contributed by atoms with Crippen molar-refractivity contribution in [2.45, 2.75) is 0 Å². The predicted molar refractivity (Wildman–Crippen MR) is 131 cm³/mol. The van der Waals surface area contributed by atoms with Crippen molar-refractivity contribution in [1.82, 2.24) is 19.6 Å². The van der Waals surface area contributed by atoms with E-state index in [1.807, 2.05) is 60.7 Å². The van der Waals surface area contributed by atoms with Crippen LogP contribution in [0.3, 0.4) is 0 Å². The first kappa shape index (κ1) is 20.2. The van der Waals surface area contributed by atoms with E-state index in [0.29, 0.717) is 22.0 Å². The molecular weight excluding hydrogens is 449 g/mol. The molecule has 0 aliphatic carbocycles. The molecule has 1 amide bonds. The van der Waals surface area contributed by atoms with Gasteiger partial charge in [-0.3, -0.25) is 10.1 Å². The average molecular weight is 466 g/mol. The quantitative estimate of drug-likeness (QED) is 0.343. The summed E-state index contributed by atoms with van der Waals surface area (Å²) in [7, 11) is 0. The van der Waals surface area contributed by atoms with Crippen LogP contribution in [0.15, 0.2) is 91.0 Å². The first-order valence-electron chi connectivity index (χ1n) is 10.5. The highest BCUT2D eigenvalue weighted by molar-refractivity contribution is 7.22. The van der Waals surface area contributed by atoms with Crippen molar-refractivity contribution in [1.29, 1.82) is 0 Å². The van der Waals surface area contributed by atoms with E-state index in [4.69, 9.17) is 5.10 Å². The van der Waals surface area contributed by atoms with Crippen molar-refractivity contribution in [3.63, 3.8) is 0 Å². The number of thiazole rings is 1. The third kappa shape index (κ3) is 3.70. The predicted octanol–water partition coefficient (Wildman–Crippen LogP) is 6.06. The van der Waals surface area contributed by atoms with Gasteiger partial charge in [-0.05, 0) is 42.5 Å². The highest BCUT2D eigenvalue weighted by Gasteiger charge is 2.17. The number of nitrogens with zero attached hydrogens (tertiary/aromatic N) is 4. The maximum Gasteiger partial charge on any atom is 0.276 e. The van der Waals surface area contributed by atoms with Crippen molar-refractivity contribution in [3.05, 3.63) is 103 Å². The van der Waals surface area contributed by atoms with E-state index in [0.717, 1.165) is 21.5 Å². The minimum atomic E-state index is -0.382. The van der Waals surface area contributed by atoms with Crippen LogP contribution < -0.4 is 5.32 Å². The first-order valence-corrected chi connectivity index (χ1v) is 11.3. The number of benzene rings is 3. The van der Waals surface area contributed by atoms with Crippen molar-refractivity contribution in [2.24, 2.45) is 0 Å². The molecule has 0 radical (unpaired) electrons. The molecule has 0 saturated heterocycles.